The molecule has 3 nitrogen and oxygen atoms in total. The van der Waals surface area contributed by atoms with Crippen molar-refractivity contribution in [3.63, 3.8) is 0 Å². The number of rotatable bonds is 3. The Balaban J connectivity index is 1.91. The Bertz CT molecular complexity index is 614. The van der Waals surface area contributed by atoms with Crippen molar-refractivity contribution in [1.29, 1.82) is 0 Å². The van der Waals surface area contributed by atoms with E-state index in [2.05, 4.69) is 29.1 Å². The third kappa shape index (κ3) is 2.47. The Labute approximate surface area is 124 Å². The fraction of sp³-hybridized carbons (Fsp3) is 0.500. The highest BCUT2D eigenvalue weighted by atomic mass is 35.5. The minimum atomic E-state index is 0.309. The van der Waals surface area contributed by atoms with E-state index in [0.29, 0.717) is 17.2 Å². The van der Waals surface area contributed by atoms with Crippen molar-refractivity contribution in [3.05, 3.63) is 29.5 Å². The summed E-state index contributed by atoms with van der Waals surface area (Å²) >= 11 is 6.04. The van der Waals surface area contributed by atoms with Crippen molar-refractivity contribution in [1.82, 2.24) is 9.97 Å². The largest absolute Gasteiger partial charge is 0.366 e. The van der Waals surface area contributed by atoms with Crippen molar-refractivity contribution in [2.75, 3.05) is 5.32 Å². The average Bonchev–Trinajstić information content (AvgIpc) is 2.79. The van der Waals surface area contributed by atoms with Crippen LogP contribution in [0.4, 0.5) is 5.82 Å². The maximum atomic E-state index is 6.04. The number of anilines is 1. The molecule has 1 N–H and O–H groups in total. The Hall–Kier alpha value is -1.35. The Morgan fingerprint density at radius 3 is 2.80 bits per heavy atom. The van der Waals surface area contributed by atoms with Crippen LogP contribution in [0.1, 0.15) is 33.1 Å². The molecular formula is C16H20ClN3. The number of fused-ring (bicyclic) bond motifs is 1. The molecule has 1 aromatic heterocycles. The molecule has 0 bridgehead atoms. The van der Waals surface area contributed by atoms with Gasteiger partial charge in [0, 0.05) is 11.4 Å². The molecule has 1 aliphatic rings. The molecule has 0 amide bonds. The molecule has 1 fully saturated rings. The zero-order chi connectivity index (χ0) is 14.1. The molecule has 3 unspecified atom stereocenters. The number of hydrogen-bond acceptors (Lipinski definition) is 3. The summed E-state index contributed by atoms with van der Waals surface area (Å²) in [5, 5.41) is 4.96. The second kappa shape index (κ2) is 5.57. The molecule has 0 spiro atoms. The van der Waals surface area contributed by atoms with E-state index in [1.54, 1.807) is 0 Å². The van der Waals surface area contributed by atoms with Crippen LogP contribution in [0.2, 0.25) is 5.28 Å². The van der Waals surface area contributed by atoms with Crippen molar-refractivity contribution in [2.45, 2.75) is 39.2 Å². The average molecular weight is 290 g/mol. The Morgan fingerprint density at radius 1 is 1.25 bits per heavy atom. The highest BCUT2D eigenvalue weighted by Crippen LogP contribution is 2.36. The maximum Gasteiger partial charge on any atom is 0.224 e. The fourth-order valence-corrected chi connectivity index (χ4v) is 3.54. The van der Waals surface area contributed by atoms with Gasteiger partial charge in [0.15, 0.2) is 0 Å². The van der Waals surface area contributed by atoms with Crippen molar-refractivity contribution in [3.8, 4) is 0 Å². The van der Waals surface area contributed by atoms with E-state index in [1.165, 1.54) is 19.3 Å². The van der Waals surface area contributed by atoms with Crippen LogP contribution in [0, 0.1) is 11.8 Å². The van der Waals surface area contributed by atoms with Crippen LogP contribution in [-0.4, -0.2) is 16.0 Å². The van der Waals surface area contributed by atoms with Crippen molar-refractivity contribution >= 4 is 28.3 Å². The number of benzene rings is 1. The summed E-state index contributed by atoms with van der Waals surface area (Å²) < 4.78 is 0. The third-order valence-corrected chi connectivity index (χ3v) is 4.82. The molecule has 0 aliphatic heterocycles. The molecule has 2 aromatic rings. The molecule has 1 saturated carbocycles. The van der Waals surface area contributed by atoms with Gasteiger partial charge >= 0.3 is 0 Å². The van der Waals surface area contributed by atoms with Gasteiger partial charge in [-0.25, -0.2) is 9.97 Å². The lowest BCUT2D eigenvalue weighted by Gasteiger charge is -2.22. The normalized spacial score (nSPS) is 26.1. The third-order valence-electron chi connectivity index (χ3n) is 4.65. The summed E-state index contributed by atoms with van der Waals surface area (Å²) in [6, 6.07) is 8.49. The van der Waals surface area contributed by atoms with Crippen LogP contribution in [-0.2, 0) is 0 Å². The smallest absolute Gasteiger partial charge is 0.224 e. The number of nitrogens with one attached hydrogen (secondary N) is 1. The second-order valence-corrected chi connectivity index (χ2v) is 6.05. The molecular weight excluding hydrogens is 270 g/mol. The molecule has 3 rings (SSSR count). The predicted octanol–water partition coefficient (Wildman–Crippen LogP) is 4.52. The SMILES string of the molecule is CCC1CCC(Nc2nc(Cl)nc3ccccc23)C1C. The lowest BCUT2D eigenvalue weighted by Crippen LogP contribution is -2.25. The standard InChI is InChI=1S/C16H20ClN3/c1-3-11-8-9-13(10(11)2)18-15-12-6-4-5-7-14(12)19-16(17)20-15/h4-7,10-11,13H,3,8-9H2,1-2H3,(H,18,19,20). The summed E-state index contributed by atoms with van der Waals surface area (Å²) in [5.41, 5.74) is 0.896. The fourth-order valence-electron chi connectivity index (χ4n) is 3.36. The van der Waals surface area contributed by atoms with E-state index < -0.39 is 0 Å². The first-order chi connectivity index (χ1) is 9.69. The first-order valence-electron chi connectivity index (χ1n) is 7.38. The molecule has 106 valence electrons. The van der Waals surface area contributed by atoms with Crippen LogP contribution in [0.25, 0.3) is 10.9 Å². The van der Waals surface area contributed by atoms with Gasteiger partial charge in [0.25, 0.3) is 0 Å². The Kier molecular flexibility index (Phi) is 3.79. The maximum absolute atomic E-state index is 6.04. The molecule has 1 aromatic carbocycles. The molecule has 20 heavy (non-hydrogen) atoms. The van der Waals surface area contributed by atoms with Crippen molar-refractivity contribution < 1.29 is 0 Å². The summed E-state index contributed by atoms with van der Waals surface area (Å²) in [6.07, 6.45) is 3.76. The molecule has 0 saturated heterocycles. The highest BCUT2D eigenvalue weighted by molar-refractivity contribution is 6.28. The van der Waals surface area contributed by atoms with Crippen LogP contribution < -0.4 is 5.32 Å². The lowest BCUT2D eigenvalue weighted by atomic mass is 9.93. The van der Waals surface area contributed by atoms with Gasteiger partial charge in [-0.05, 0) is 48.4 Å². The summed E-state index contributed by atoms with van der Waals surface area (Å²) in [6.45, 7) is 4.62. The minimum absolute atomic E-state index is 0.309. The van der Waals surface area contributed by atoms with Crippen LogP contribution in [0.15, 0.2) is 24.3 Å². The van der Waals surface area contributed by atoms with E-state index in [0.717, 1.165) is 22.6 Å². The van der Waals surface area contributed by atoms with Crippen LogP contribution in [0.3, 0.4) is 0 Å². The number of nitrogens with zero attached hydrogens (tertiary/aromatic N) is 2. The van der Waals surface area contributed by atoms with Crippen molar-refractivity contribution in [2.24, 2.45) is 11.8 Å². The zero-order valence-corrected chi connectivity index (χ0v) is 12.7. The number of aromatic nitrogens is 2. The van der Waals surface area contributed by atoms with E-state index in [4.69, 9.17) is 11.6 Å². The monoisotopic (exact) mass is 289 g/mol. The topological polar surface area (TPSA) is 37.8 Å². The molecule has 3 atom stereocenters. The zero-order valence-electron chi connectivity index (χ0n) is 11.9. The molecule has 4 heteroatoms. The molecule has 1 aliphatic carbocycles. The van der Waals surface area contributed by atoms with Gasteiger partial charge in [-0.3, -0.25) is 0 Å². The quantitative estimate of drug-likeness (QED) is 0.844. The number of hydrogen-bond donors (Lipinski definition) is 1. The van der Waals surface area contributed by atoms with Crippen LogP contribution >= 0.6 is 11.6 Å². The van der Waals surface area contributed by atoms with Gasteiger partial charge in [-0.1, -0.05) is 32.4 Å². The number of halogens is 1. The van der Waals surface area contributed by atoms with Crippen LogP contribution in [0.5, 0.6) is 0 Å². The lowest BCUT2D eigenvalue weighted by molar-refractivity contribution is 0.391. The predicted molar refractivity (Wildman–Crippen MR) is 84.1 cm³/mol. The first kappa shape index (κ1) is 13.6. The molecule has 0 radical (unpaired) electrons. The van der Waals surface area contributed by atoms with Gasteiger partial charge < -0.3 is 5.32 Å². The van der Waals surface area contributed by atoms with Gasteiger partial charge in [-0.15, -0.1) is 0 Å². The Morgan fingerprint density at radius 2 is 2.05 bits per heavy atom. The summed E-state index contributed by atoms with van der Waals surface area (Å²) in [5.74, 6) is 2.36. The van der Waals surface area contributed by atoms with Gasteiger partial charge in [-0.2, -0.15) is 0 Å². The van der Waals surface area contributed by atoms with E-state index in [1.807, 2.05) is 24.3 Å². The first-order valence-corrected chi connectivity index (χ1v) is 7.75. The summed E-state index contributed by atoms with van der Waals surface area (Å²) in [7, 11) is 0. The van der Waals surface area contributed by atoms with E-state index in [9.17, 15) is 0 Å². The second-order valence-electron chi connectivity index (χ2n) is 5.71. The highest BCUT2D eigenvalue weighted by Gasteiger charge is 2.31. The minimum Gasteiger partial charge on any atom is -0.366 e. The summed E-state index contributed by atoms with van der Waals surface area (Å²) in [4.78, 5) is 8.67. The molecule has 1 heterocycles. The van der Waals surface area contributed by atoms with Gasteiger partial charge in [0.05, 0.1) is 5.52 Å². The van der Waals surface area contributed by atoms with E-state index in [-0.39, 0.29) is 0 Å². The van der Waals surface area contributed by atoms with Gasteiger partial charge in [0.1, 0.15) is 5.82 Å². The van der Waals surface area contributed by atoms with Gasteiger partial charge in [0.2, 0.25) is 5.28 Å². The number of para-hydroxylation sites is 1. The van der Waals surface area contributed by atoms with E-state index >= 15 is 0 Å².